The zero-order chi connectivity index (χ0) is 13.0. The van der Waals surface area contributed by atoms with E-state index in [1.165, 1.54) is 23.5 Å². The molecule has 0 fully saturated rings. The number of aromatic nitrogens is 2. The summed E-state index contributed by atoms with van der Waals surface area (Å²) < 4.78 is 6.34. The monoisotopic (exact) mass is 299 g/mol. The fourth-order valence-electron chi connectivity index (χ4n) is 1.22. The molecule has 0 N–H and O–H groups in total. The number of aliphatic imine (C=N–C) groups is 1. The third-order valence-electron chi connectivity index (χ3n) is 2.04. The Hall–Kier alpha value is -0.980. The second-order valence-electron chi connectivity index (χ2n) is 3.18. The van der Waals surface area contributed by atoms with Crippen LogP contribution in [0.15, 0.2) is 33.7 Å². The fraction of sp³-hybridized carbons (Fsp3) is 0.182. The summed E-state index contributed by atoms with van der Waals surface area (Å²) in [6.07, 6.45) is 3.90. The van der Waals surface area contributed by atoms with E-state index >= 15 is 0 Å². The smallest absolute Gasteiger partial charge is 0.344 e. The second kappa shape index (κ2) is 6.26. The third kappa shape index (κ3) is 3.28. The van der Waals surface area contributed by atoms with Crippen molar-refractivity contribution in [3.63, 3.8) is 0 Å². The normalized spacial score (nSPS) is 10.4. The van der Waals surface area contributed by atoms with Crippen molar-refractivity contribution >= 4 is 45.5 Å². The van der Waals surface area contributed by atoms with Gasteiger partial charge >= 0.3 is 6.01 Å². The molecular formula is C11H10ClN3OS2. The molecule has 0 saturated heterocycles. The maximum atomic E-state index is 5.82. The topological polar surface area (TPSA) is 51.3 Å². The molecule has 0 aliphatic heterocycles. The van der Waals surface area contributed by atoms with Gasteiger partial charge in [0.05, 0.1) is 0 Å². The summed E-state index contributed by atoms with van der Waals surface area (Å²) in [6, 6.07) is 7.47. The van der Waals surface area contributed by atoms with E-state index in [1.807, 2.05) is 24.6 Å². The Morgan fingerprint density at radius 2 is 1.83 bits per heavy atom. The molecule has 0 spiro atoms. The lowest BCUT2D eigenvalue weighted by molar-refractivity contribution is 0.580. The van der Waals surface area contributed by atoms with Crippen molar-refractivity contribution in [1.29, 1.82) is 0 Å². The number of hydrogen-bond donors (Lipinski definition) is 0. The van der Waals surface area contributed by atoms with Crippen molar-refractivity contribution < 1.29 is 4.42 Å². The molecule has 0 aliphatic carbocycles. The van der Waals surface area contributed by atoms with Gasteiger partial charge in [-0.15, -0.1) is 28.6 Å². The van der Waals surface area contributed by atoms with Crippen LogP contribution in [0.3, 0.4) is 0 Å². The Morgan fingerprint density at radius 3 is 2.44 bits per heavy atom. The highest BCUT2D eigenvalue weighted by Gasteiger charge is 2.08. The Balaban J connectivity index is 2.25. The summed E-state index contributed by atoms with van der Waals surface area (Å²) in [5, 5.41) is 8.51. The predicted molar refractivity (Wildman–Crippen MR) is 78.9 cm³/mol. The van der Waals surface area contributed by atoms with E-state index in [0.29, 0.717) is 10.9 Å². The molecule has 0 amide bonds. The van der Waals surface area contributed by atoms with E-state index in [2.05, 4.69) is 15.2 Å². The first-order valence-electron chi connectivity index (χ1n) is 4.99. The molecule has 0 atom stereocenters. The lowest BCUT2D eigenvalue weighted by Gasteiger charge is -1.94. The van der Waals surface area contributed by atoms with Crippen LogP contribution in [0.25, 0.3) is 11.5 Å². The largest absolute Gasteiger partial charge is 0.402 e. The average molecular weight is 300 g/mol. The van der Waals surface area contributed by atoms with Crippen LogP contribution in [0.4, 0.5) is 6.01 Å². The molecule has 1 aromatic carbocycles. The highest BCUT2D eigenvalue weighted by Crippen LogP contribution is 2.24. The lowest BCUT2D eigenvalue weighted by atomic mass is 10.2. The Bertz CT molecular complexity index is 548. The van der Waals surface area contributed by atoms with E-state index in [9.17, 15) is 0 Å². The number of thioether (sulfide) groups is 2. The van der Waals surface area contributed by atoms with E-state index in [0.717, 1.165) is 9.94 Å². The first kappa shape index (κ1) is 13.5. The Kier molecular flexibility index (Phi) is 4.68. The van der Waals surface area contributed by atoms with Crippen LogP contribution in [-0.4, -0.2) is 27.1 Å². The number of hydrogen-bond acceptors (Lipinski definition) is 6. The fourth-order valence-corrected chi connectivity index (χ4v) is 2.35. The van der Waals surface area contributed by atoms with Crippen molar-refractivity contribution in [1.82, 2.24) is 10.2 Å². The van der Waals surface area contributed by atoms with Gasteiger partial charge < -0.3 is 4.42 Å². The second-order valence-corrected chi connectivity index (χ2v) is 5.47. The molecule has 0 radical (unpaired) electrons. The number of halogens is 1. The molecule has 0 aliphatic rings. The molecule has 2 rings (SSSR count). The number of nitrogens with zero attached hydrogens (tertiary/aromatic N) is 3. The van der Waals surface area contributed by atoms with E-state index < -0.39 is 0 Å². The molecule has 0 unspecified atom stereocenters. The molecule has 2 aromatic rings. The van der Waals surface area contributed by atoms with Crippen LogP contribution in [0.1, 0.15) is 0 Å². The summed E-state index contributed by atoms with van der Waals surface area (Å²) in [5.74, 6) is 0.437. The van der Waals surface area contributed by atoms with Crippen molar-refractivity contribution in [2.45, 2.75) is 0 Å². The standard InChI is InChI=1S/C11H10ClN3OS2/c1-17-11(18-2)13-10-15-14-9(16-10)7-3-5-8(12)6-4-7/h3-6H,1-2H3. The lowest BCUT2D eigenvalue weighted by Crippen LogP contribution is -1.80. The zero-order valence-corrected chi connectivity index (χ0v) is 12.1. The molecule has 7 heteroatoms. The van der Waals surface area contributed by atoms with Gasteiger partial charge in [-0.05, 0) is 36.8 Å². The van der Waals surface area contributed by atoms with Gasteiger partial charge in [-0.3, -0.25) is 0 Å². The first-order valence-corrected chi connectivity index (χ1v) is 7.82. The molecule has 4 nitrogen and oxygen atoms in total. The van der Waals surface area contributed by atoms with Crippen LogP contribution in [0.5, 0.6) is 0 Å². The van der Waals surface area contributed by atoms with Crippen molar-refractivity contribution in [2.24, 2.45) is 4.99 Å². The summed E-state index contributed by atoms with van der Waals surface area (Å²) in [5.41, 5.74) is 0.822. The van der Waals surface area contributed by atoms with E-state index in [4.69, 9.17) is 16.0 Å². The highest BCUT2D eigenvalue weighted by molar-refractivity contribution is 8.38. The van der Waals surface area contributed by atoms with E-state index in [1.54, 1.807) is 12.1 Å². The maximum Gasteiger partial charge on any atom is 0.344 e. The Labute approximate surface area is 118 Å². The van der Waals surface area contributed by atoms with Gasteiger partial charge in [-0.1, -0.05) is 16.7 Å². The number of rotatable bonds is 2. The van der Waals surface area contributed by atoms with Gasteiger partial charge in [-0.25, -0.2) is 0 Å². The molecule has 0 saturated carbocycles. The summed E-state index contributed by atoms with van der Waals surface area (Å²) >= 11 is 8.90. The van der Waals surface area contributed by atoms with Crippen molar-refractivity contribution in [3.05, 3.63) is 29.3 Å². The zero-order valence-electron chi connectivity index (χ0n) is 9.75. The number of benzene rings is 1. The minimum Gasteiger partial charge on any atom is -0.402 e. The van der Waals surface area contributed by atoms with Crippen molar-refractivity contribution in [3.8, 4) is 11.5 Å². The van der Waals surface area contributed by atoms with Gasteiger partial charge in [0.2, 0.25) is 5.89 Å². The van der Waals surface area contributed by atoms with Gasteiger partial charge in [0.15, 0.2) is 0 Å². The predicted octanol–water partition coefficient (Wildman–Crippen LogP) is 4.10. The maximum absolute atomic E-state index is 5.82. The van der Waals surface area contributed by atoms with Crippen LogP contribution >= 0.6 is 35.1 Å². The summed E-state index contributed by atoms with van der Waals surface area (Å²) in [6.45, 7) is 0. The Morgan fingerprint density at radius 1 is 1.17 bits per heavy atom. The molecule has 1 heterocycles. The molecular weight excluding hydrogens is 290 g/mol. The van der Waals surface area contributed by atoms with Gasteiger partial charge in [0, 0.05) is 10.6 Å². The molecule has 1 aromatic heterocycles. The SMILES string of the molecule is CSC(=Nc1nnc(-c2ccc(Cl)cc2)o1)SC. The van der Waals surface area contributed by atoms with Gasteiger partial charge in [0.25, 0.3) is 0 Å². The first-order chi connectivity index (χ1) is 8.72. The molecule has 0 bridgehead atoms. The third-order valence-corrected chi connectivity index (χ3v) is 4.17. The quantitative estimate of drug-likeness (QED) is 0.617. The van der Waals surface area contributed by atoms with Crippen molar-refractivity contribution in [2.75, 3.05) is 12.5 Å². The van der Waals surface area contributed by atoms with Crippen LogP contribution in [0.2, 0.25) is 5.02 Å². The average Bonchev–Trinajstić information content (AvgIpc) is 2.85. The van der Waals surface area contributed by atoms with Crippen LogP contribution in [-0.2, 0) is 0 Å². The van der Waals surface area contributed by atoms with Crippen LogP contribution in [0, 0.1) is 0 Å². The van der Waals surface area contributed by atoms with E-state index in [-0.39, 0.29) is 6.01 Å². The molecule has 94 valence electrons. The minimum absolute atomic E-state index is 0.263. The summed E-state index contributed by atoms with van der Waals surface area (Å²) in [4.78, 5) is 4.24. The van der Waals surface area contributed by atoms with Crippen LogP contribution < -0.4 is 0 Å². The van der Waals surface area contributed by atoms with Gasteiger partial charge in [-0.2, -0.15) is 4.99 Å². The minimum atomic E-state index is 0.263. The highest BCUT2D eigenvalue weighted by atomic mass is 35.5. The summed E-state index contributed by atoms with van der Waals surface area (Å²) in [7, 11) is 0. The molecule has 18 heavy (non-hydrogen) atoms. The van der Waals surface area contributed by atoms with Gasteiger partial charge in [0.1, 0.15) is 4.38 Å².